The lowest BCUT2D eigenvalue weighted by Crippen LogP contribution is -2.42. The normalized spacial score (nSPS) is 16.8. The maximum Gasteiger partial charge on any atom is 0.314 e. The number of carbonyl (C=O) groups is 3. The summed E-state index contributed by atoms with van der Waals surface area (Å²) in [5.74, 6) is -1.83. The van der Waals surface area contributed by atoms with Crippen molar-refractivity contribution in [1.82, 2.24) is 0 Å². The van der Waals surface area contributed by atoms with Crippen LogP contribution in [0, 0.1) is 28.1 Å². The van der Waals surface area contributed by atoms with Crippen LogP contribution in [0.3, 0.4) is 0 Å². The molecule has 0 aromatic rings. The molecule has 322 valence electrons. The summed E-state index contributed by atoms with van der Waals surface area (Å²) in [5.41, 5.74) is -0.401. The van der Waals surface area contributed by atoms with Gasteiger partial charge >= 0.3 is 11.9 Å². The number of Topliss-reactive ketones (excluding diaryl/α,β-unsaturated/α-hetero) is 1. The number of ether oxygens (including phenoxy) is 3. The quantitative estimate of drug-likeness (QED) is 0.0137. The van der Waals surface area contributed by atoms with Crippen LogP contribution in [0.2, 0.25) is 0 Å². The standard InChI is InChI=1S/C38H62F2N2O14/c1-27(2)24-53-49-20-15-31(41)32(43)10-7-8-17-46-35(40)34(39)38(5,6)37(45)48-22-23-51-55-26-29-11-13-30(14-12-29)36(44)47-18-9-19-52-56-33(42)16-21-50-54-25-28(3)4/h29-30,34-35,41-42H,1,3,7-26H2,2,4-6H3. The molecular formula is C38H62F2N2O14. The number of unbranched alkanes of at least 4 members (excludes halogenated alkanes) is 1. The predicted octanol–water partition coefficient (Wildman–Crippen LogP) is 6.41. The first-order chi connectivity index (χ1) is 26.6. The van der Waals surface area contributed by atoms with Crippen molar-refractivity contribution >= 4 is 29.3 Å². The fourth-order valence-corrected chi connectivity index (χ4v) is 4.76. The second kappa shape index (κ2) is 29.9. The third kappa shape index (κ3) is 23.7. The molecule has 0 radical (unpaired) electrons. The molecule has 0 saturated heterocycles. The lowest BCUT2D eigenvalue weighted by Gasteiger charge is -2.28. The zero-order chi connectivity index (χ0) is 41.8. The van der Waals surface area contributed by atoms with Crippen LogP contribution in [0.5, 0.6) is 0 Å². The number of nitrogens with one attached hydrogen (secondary N) is 2. The van der Waals surface area contributed by atoms with Crippen molar-refractivity contribution < 1.29 is 76.5 Å². The summed E-state index contributed by atoms with van der Waals surface area (Å²) in [7, 11) is 0. The molecule has 2 unspecified atom stereocenters. The predicted molar refractivity (Wildman–Crippen MR) is 197 cm³/mol. The first kappa shape index (κ1) is 50.8. The van der Waals surface area contributed by atoms with Gasteiger partial charge in [0, 0.05) is 19.3 Å². The second-order valence-electron chi connectivity index (χ2n) is 14.1. The molecular weight excluding hydrogens is 746 g/mol. The Morgan fingerprint density at radius 2 is 1.32 bits per heavy atom. The van der Waals surface area contributed by atoms with Gasteiger partial charge in [-0.05, 0) is 72.1 Å². The molecule has 1 aliphatic carbocycles. The Kier molecular flexibility index (Phi) is 27.1. The van der Waals surface area contributed by atoms with Crippen molar-refractivity contribution in [2.45, 2.75) is 104 Å². The molecule has 1 rings (SSSR count). The largest absolute Gasteiger partial charge is 0.465 e. The Bertz CT molecular complexity index is 1210. The van der Waals surface area contributed by atoms with E-state index in [1.54, 1.807) is 13.8 Å². The number of rotatable bonds is 34. The van der Waals surface area contributed by atoms with E-state index in [1.165, 1.54) is 13.8 Å². The van der Waals surface area contributed by atoms with Crippen molar-refractivity contribution in [3.05, 3.63) is 24.3 Å². The zero-order valence-electron chi connectivity index (χ0n) is 33.3. The van der Waals surface area contributed by atoms with Gasteiger partial charge in [-0.3, -0.25) is 19.8 Å². The molecule has 0 bridgehead atoms. The average Bonchev–Trinajstić information content (AvgIpc) is 3.16. The molecule has 0 aromatic heterocycles. The molecule has 16 nitrogen and oxygen atoms in total. The van der Waals surface area contributed by atoms with Gasteiger partial charge in [0.2, 0.25) is 12.3 Å². The first-order valence-corrected chi connectivity index (χ1v) is 18.9. The van der Waals surface area contributed by atoms with E-state index in [1.807, 2.05) is 0 Å². The molecule has 0 amide bonds. The highest BCUT2D eigenvalue weighted by molar-refractivity contribution is 6.38. The molecule has 0 aromatic carbocycles. The van der Waals surface area contributed by atoms with Crippen molar-refractivity contribution in [3.8, 4) is 0 Å². The van der Waals surface area contributed by atoms with Crippen molar-refractivity contribution in [2.24, 2.45) is 17.3 Å². The van der Waals surface area contributed by atoms with Gasteiger partial charge in [-0.15, -0.1) is 0 Å². The van der Waals surface area contributed by atoms with Gasteiger partial charge in [-0.25, -0.2) is 38.1 Å². The van der Waals surface area contributed by atoms with Crippen molar-refractivity contribution in [3.63, 3.8) is 0 Å². The molecule has 0 aliphatic heterocycles. The van der Waals surface area contributed by atoms with Gasteiger partial charge < -0.3 is 24.5 Å². The van der Waals surface area contributed by atoms with Gasteiger partial charge in [0.05, 0.1) is 63.1 Å². The molecule has 2 N–H and O–H groups in total. The number of esters is 2. The van der Waals surface area contributed by atoms with Gasteiger partial charge in [0.15, 0.2) is 12.0 Å². The summed E-state index contributed by atoms with van der Waals surface area (Å²) in [6.07, 6.45) is -0.767. The Labute approximate surface area is 328 Å². The Hall–Kier alpha value is -3.23. The third-order valence-electron chi connectivity index (χ3n) is 8.23. The minimum Gasteiger partial charge on any atom is -0.465 e. The summed E-state index contributed by atoms with van der Waals surface area (Å²) < 4.78 is 44.7. The molecule has 0 heterocycles. The Morgan fingerprint density at radius 3 is 1.96 bits per heavy atom. The number of hydrogen-bond donors (Lipinski definition) is 2. The van der Waals surface area contributed by atoms with E-state index in [0.29, 0.717) is 25.7 Å². The van der Waals surface area contributed by atoms with E-state index in [-0.39, 0.29) is 127 Å². The maximum atomic E-state index is 14.9. The average molecular weight is 809 g/mol. The van der Waals surface area contributed by atoms with Gasteiger partial charge in [-0.1, -0.05) is 24.3 Å². The monoisotopic (exact) mass is 808 g/mol. The highest BCUT2D eigenvalue weighted by atomic mass is 19.2. The zero-order valence-corrected chi connectivity index (χ0v) is 33.3. The highest BCUT2D eigenvalue weighted by Crippen LogP contribution is 2.31. The van der Waals surface area contributed by atoms with Crippen molar-refractivity contribution in [2.75, 3.05) is 66.1 Å². The highest BCUT2D eigenvalue weighted by Gasteiger charge is 2.44. The van der Waals surface area contributed by atoms with E-state index in [0.717, 1.165) is 24.0 Å². The van der Waals surface area contributed by atoms with E-state index >= 15 is 0 Å². The maximum absolute atomic E-state index is 14.9. The summed E-state index contributed by atoms with van der Waals surface area (Å²) >= 11 is 0. The molecule has 1 aliphatic rings. The number of ketones is 1. The van der Waals surface area contributed by atoms with Crippen LogP contribution in [-0.4, -0.2) is 108 Å². The van der Waals surface area contributed by atoms with Gasteiger partial charge in [0.1, 0.15) is 26.4 Å². The summed E-state index contributed by atoms with van der Waals surface area (Å²) in [6.45, 7) is 14.0. The number of halogens is 2. The second-order valence-corrected chi connectivity index (χ2v) is 14.1. The minimum atomic E-state index is -2.40. The van der Waals surface area contributed by atoms with E-state index in [2.05, 4.69) is 13.2 Å². The van der Waals surface area contributed by atoms with Crippen LogP contribution in [0.15, 0.2) is 24.3 Å². The molecule has 0 spiro atoms. The topological polar surface area (TPSA) is 200 Å². The van der Waals surface area contributed by atoms with Crippen LogP contribution < -0.4 is 0 Å². The lowest BCUT2D eigenvalue weighted by atomic mass is 9.82. The van der Waals surface area contributed by atoms with Crippen molar-refractivity contribution in [1.29, 1.82) is 10.8 Å². The molecule has 2 atom stereocenters. The number of alkyl halides is 2. The molecule has 1 fully saturated rings. The fraction of sp³-hybridized carbons (Fsp3) is 0.763. The smallest absolute Gasteiger partial charge is 0.314 e. The SMILES string of the molecule is C=C(C)COOCCC(=N)OOCCCOC(=O)C1CCC(COOCCOC(=O)C(C)(C)C(F)C(F)OCCCCC(=O)C(=N)CCOOCC(=C)C)CC1. The lowest BCUT2D eigenvalue weighted by molar-refractivity contribution is -0.306. The summed E-state index contributed by atoms with van der Waals surface area (Å²) in [5, 5.41) is 15.4. The fourth-order valence-electron chi connectivity index (χ4n) is 4.76. The number of hydrogen-bond acceptors (Lipinski definition) is 16. The minimum absolute atomic E-state index is 0.0445. The van der Waals surface area contributed by atoms with Crippen LogP contribution in [0.4, 0.5) is 8.78 Å². The number of carbonyl (C=O) groups excluding carboxylic acids is 3. The van der Waals surface area contributed by atoms with Crippen LogP contribution in [-0.2, 0) is 67.7 Å². The molecule has 1 saturated carbocycles. The van der Waals surface area contributed by atoms with Gasteiger partial charge in [-0.2, -0.15) is 4.89 Å². The molecule has 18 heteroatoms. The Balaban J connectivity index is 2.10. The van der Waals surface area contributed by atoms with E-state index in [9.17, 15) is 23.2 Å². The summed E-state index contributed by atoms with van der Waals surface area (Å²) in [4.78, 5) is 76.6. The van der Waals surface area contributed by atoms with Crippen LogP contribution in [0.1, 0.15) is 91.9 Å². The van der Waals surface area contributed by atoms with E-state index in [4.69, 9.17) is 64.1 Å². The summed E-state index contributed by atoms with van der Waals surface area (Å²) in [6, 6.07) is 0. The van der Waals surface area contributed by atoms with E-state index < -0.39 is 23.9 Å². The molecule has 56 heavy (non-hydrogen) atoms. The van der Waals surface area contributed by atoms with Crippen LogP contribution >= 0.6 is 0 Å². The van der Waals surface area contributed by atoms with Gasteiger partial charge in [0.25, 0.3) is 0 Å². The van der Waals surface area contributed by atoms with Crippen LogP contribution in [0.25, 0.3) is 0 Å². The first-order valence-electron chi connectivity index (χ1n) is 18.9. The Morgan fingerprint density at radius 1 is 0.696 bits per heavy atom. The third-order valence-corrected chi connectivity index (χ3v) is 8.23.